The van der Waals surface area contributed by atoms with Crippen LogP contribution in [0.4, 0.5) is 4.39 Å². The normalized spacial score (nSPS) is 12.4. The monoisotopic (exact) mass is 307 g/mol. The van der Waals surface area contributed by atoms with E-state index in [-0.39, 0.29) is 11.9 Å². The van der Waals surface area contributed by atoms with Gasteiger partial charge in [0.15, 0.2) is 0 Å². The van der Waals surface area contributed by atoms with Gasteiger partial charge in [-0.05, 0) is 42.3 Å². The van der Waals surface area contributed by atoms with Crippen LogP contribution >= 0.6 is 15.9 Å². The van der Waals surface area contributed by atoms with Gasteiger partial charge in [0, 0.05) is 17.1 Å². The maximum Gasteiger partial charge on any atom is 0.123 e. The molecule has 0 fully saturated rings. The van der Waals surface area contributed by atoms with E-state index < -0.39 is 0 Å². The third-order valence-electron chi connectivity index (χ3n) is 2.85. The van der Waals surface area contributed by atoms with Crippen LogP contribution < -0.4 is 5.32 Å². The molecule has 0 aromatic heterocycles. The molecule has 0 aliphatic rings. The molecule has 1 atom stereocenters. The first-order chi connectivity index (χ1) is 8.65. The minimum absolute atomic E-state index is 0.125. The van der Waals surface area contributed by atoms with E-state index >= 15 is 0 Å². The lowest BCUT2D eigenvalue weighted by Crippen LogP contribution is -2.18. The molecule has 0 saturated heterocycles. The molecule has 2 aromatic rings. The summed E-state index contributed by atoms with van der Waals surface area (Å²) >= 11 is 3.45. The van der Waals surface area contributed by atoms with E-state index in [9.17, 15) is 4.39 Å². The minimum Gasteiger partial charge on any atom is -0.306 e. The van der Waals surface area contributed by atoms with Crippen LogP contribution in [0.3, 0.4) is 0 Å². The fraction of sp³-hybridized carbons (Fsp3) is 0.200. The van der Waals surface area contributed by atoms with Gasteiger partial charge in [-0.15, -0.1) is 0 Å². The quantitative estimate of drug-likeness (QED) is 0.880. The number of hydrogen-bond donors (Lipinski definition) is 1. The average Bonchev–Trinajstić information content (AvgIpc) is 2.36. The summed E-state index contributed by atoms with van der Waals surface area (Å²) in [6.45, 7) is 2.80. The van der Waals surface area contributed by atoms with Crippen molar-refractivity contribution >= 4 is 15.9 Å². The predicted molar refractivity (Wildman–Crippen MR) is 75.8 cm³/mol. The summed E-state index contributed by atoms with van der Waals surface area (Å²) in [6.07, 6.45) is 0. The molecule has 0 radical (unpaired) electrons. The SMILES string of the molecule is C[C@H](NCc1cccc(Br)c1)c1cccc(F)c1. The zero-order valence-corrected chi connectivity index (χ0v) is 11.7. The lowest BCUT2D eigenvalue weighted by molar-refractivity contribution is 0.565. The molecule has 0 bridgehead atoms. The zero-order valence-electron chi connectivity index (χ0n) is 10.2. The minimum atomic E-state index is -0.191. The molecule has 0 unspecified atom stereocenters. The Hall–Kier alpha value is -1.19. The van der Waals surface area contributed by atoms with E-state index in [1.54, 1.807) is 12.1 Å². The molecule has 3 heteroatoms. The fourth-order valence-corrected chi connectivity index (χ4v) is 2.26. The molecule has 0 aliphatic carbocycles. The smallest absolute Gasteiger partial charge is 0.123 e. The molecule has 2 aromatic carbocycles. The Kier molecular flexibility index (Phi) is 4.50. The molecule has 0 heterocycles. The van der Waals surface area contributed by atoms with E-state index in [0.717, 1.165) is 16.6 Å². The van der Waals surface area contributed by atoms with Gasteiger partial charge in [-0.1, -0.05) is 40.2 Å². The van der Waals surface area contributed by atoms with Crippen molar-refractivity contribution in [2.24, 2.45) is 0 Å². The van der Waals surface area contributed by atoms with E-state index in [2.05, 4.69) is 33.4 Å². The average molecular weight is 308 g/mol. The first-order valence-corrected chi connectivity index (χ1v) is 6.68. The lowest BCUT2D eigenvalue weighted by Gasteiger charge is -2.14. The second-order valence-corrected chi connectivity index (χ2v) is 5.20. The lowest BCUT2D eigenvalue weighted by atomic mass is 10.1. The van der Waals surface area contributed by atoms with Crippen LogP contribution in [0.25, 0.3) is 0 Å². The summed E-state index contributed by atoms with van der Waals surface area (Å²) in [5.41, 5.74) is 2.16. The number of hydrogen-bond acceptors (Lipinski definition) is 1. The van der Waals surface area contributed by atoms with E-state index in [4.69, 9.17) is 0 Å². The van der Waals surface area contributed by atoms with Crippen molar-refractivity contribution < 1.29 is 4.39 Å². The van der Waals surface area contributed by atoms with Crippen LogP contribution in [0.15, 0.2) is 53.0 Å². The fourth-order valence-electron chi connectivity index (χ4n) is 1.81. The standard InChI is InChI=1S/C15H15BrFN/c1-11(13-5-3-7-15(17)9-13)18-10-12-4-2-6-14(16)8-12/h2-9,11,18H,10H2,1H3/t11-/m0/s1. The van der Waals surface area contributed by atoms with Crippen molar-refractivity contribution in [2.45, 2.75) is 19.5 Å². The van der Waals surface area contributed by atoms with Crippen molar-refractivity contribution in [1.29, 1.82) is 0 Å². The summed E-state index contributed by atoms with van der Waals surface area (Å²) in [7, 11) is 0. The molecule has 0 amide bonds. The highest BCUT2D eigenvalue weighted by Gasteiger charge is 2.05. The third-order valence-corrected chi connectivity index (χ3v) is 3.34. The van der Waals surface area contributed by atoms with Gasteiger partial charge < -0.3 is 5.32 Å². The highest BCUT2D eigenvalue weighted by molar-refractivity contribution is 9.10. The Balaban J connectivity index is 1.98. The second kappa shape index (κ2) is 6.12. The molecule has 0 aliphatic heterocycles. The van der Waals surface area contributed by atoms with Crippen LogP contribution in [-0.2, 0) is 6.54 Å². The van der Waals surface area contributed by atoms with E-state index in [1.807, 2.05) is 25.1 Å². The Morgan fingerprint density at radius 2 is 1.94 bits per heavy atom. The number of rotatable bonds is 4. The molecule has 0 saturated carbocycles. The van der Waals surface area contributed by atoms with Crippen LogP contribution in [0.2, 0.25) is 0 Å². The third kappa shape index (κ3) is 3.65. The van der Waals surface area contributed by atoms with Gasteiger partial charge in [0.1, 0.15) is 5.82 Å². The highest BCUT2D eigenvalue weighted by atomic mass is 79.9. The van der Waals surface area contributed by atoms with Gasteiger partial charge >= 0.3 is 0 Å². The number of benzene rings is 2. The van der Waals surface area contributed by atoms with E-state index in [0.29, 0.717) is 0 Å². The second-order valence-electron chi connectivity index (χ2n) is 4.29. The van der Waals surface area contributed by atoms with Gasteiger partial charge in [0.2, 0.25) is 0 Å². The zero-order chi connectivity index (χ0) is 13.0. The summed E-state index contributed by atoms with van der Waals surface area (Å²) in [5, 5.41) is 3.38. The van der Waals surface area contributed by atoms with Crippen molar-refractivity contribution in [3.63, 3.8) is 0 Å². The first kappa shape index (κ1) is 13.2. The van der Waals surface area contributed by atoms with Gasteiger partial charge in [-0.2, -0.15) is 0 Å². The van der Waals surface area contributed by atoms with Crippen molar-refractivity contribution in [1.82, 2.24) is 5.32 Å². The highest BCUT2D eigenvalue weighted by Crippen LogP contribution is 2.16. The molecular weight excluding hydrogens is 293 g/mol. The van der Waals surface area contributed by atoms with Crippen LogP contribution in [0.1, 0.15) is 24.1 Å². The number of halogens is 2. The molecule has 0 spiro atoms. The van der Waals surface area contributed by atoms with Crippen LogP contribution in [-0.4, -0.2) is 0 Å². The summed E-state index contributed by atoms with van der Waals surface area (Å²) in [6, 6.07) is 15.0. The Morgan fingerprint density at radius 1 is 1.17 bits per heavy atom. The van der Waals surface area contributed by atoms with Crippen LogP contribution in [0, 0.1) is 5.82 Å². The van der Waals surface area contributed by atoms with Crippen molar-refractivity contribution in [3.8, 4) is 0 Å². The summed E-state index contributed by atoms with van der Waals surface area (Å²) in [4.78, 5) is 0. The van der Waals surface area contributed by atoms with Gasteiger partial charge in [0.05, 0.1) is 0 Å². The maximum atomic E-state index is 13.1. The molecule has 1 nitrogen and oxygen atoms in total. The Bertz CT molecular complexity index is 527. The van der Waals surface area contributed by atoms with Gasteiger partial charge in [-0.25, -0.2) is 4.39 Å². The van der Waals surface area contributed by atoms with Gasteiger partial charge in [-0.3, -0.25) is 0 Å². The summed E-state index contributed by atoms with van der Waals surface area (Å²) < 4.78 is 14.2. The van der Waals surface area contributed by atoms with Crippen LogP contribution in [0.5, 0.6) is 0 Å². The maximum absolute atomic E-state index is 13.1. The molecule has 2 rings (SSSR count). The van der Waals surface area contributed by atoms with E-state index in [1.165, 1.54) is 11.6 Å². The molecular formula is C15H15BrFN. The van der Waals surface area contributed by atoms with Gasteiger partial charge in [0.25, 0.3) is 0 Å². The predicted octanol–water partition coefficient (Wildman–Crippen LogP) is 4.44. The molecule has 18 heavy (non-hydrogen) atoms. The summed E-state index contributed by atoms with van der Waals surface area (Å²) in [5.74, 6) is -0.191. The van der Waals surface area contributed by atoms with Crippen molar-refractivity contribution in [2.75, 3.05) is 0 Å². The Labute approximate surface area is 115 Å². The Morgan fingerprint density at radius 3 is 2.67 bits per heavy atom. The topological polar surface area (TPSA) is 12.0 Å². The molecule has 94 valence electrons. The number of nitrogens with one attached hydrogen (secondary N) is 1. The molecule has 1 N–H and O–H groups in total. The first-order valence-electron chi connectivity index (χ1n) is 5.88. The largest absolute Gasteiger partial charge is 0.306 e. The van der Waals surface area contributed by atoms with Crippen molar-refractivity contribution in [3.05, 3.63) is 69.9 Å².